The van der Waals surface area contributed by atoms with Crippen LogP contribution in [0, 0.1) is 26.7 Å². The third-order valence-corrected chi connectivity index (χ3v) is 4.25. The highest BCUT2D eigenvalue weighted by Gasteiger charge is 2.20. The maximum absolute atomic E-state index is 12.5. The summed E-state index contributed by atoms with van der Waals surface area (Å²) in [6.07, 6.45) is 2.52. The molecule has 1 saturated heterocycles. The van der Waals surface area contributed by atoms with Gasteiger partial charge in [0.15, 0.2) is 5.78 Å². The molecule has 104 valence electrons. The number of Topliss-reactive ketones (excluding diaryl/α,β-unsaturated/α-hetero) is 1. The molecule has 1 atom stereocenters. The number of hydrogen-bond acceptors (Lipinski definition) is 2. The minimum Gasteiger partial charge on any atom is -0.296 e. The van der Waals surface area contributed by atoms with Crippen molar-refractivity contribution in [3.05, 3.63) is 34.4 Å². The van der Waals surface area contributed by atoms with E-state index in [4.69, 9.17) is 0 Å². The second kappa shape index (κ2) is 5.87. The van der Waals surface area contributed by atoms with E-state index >= 15 is 0 Å². The Morgan fingerprint density at radius 3 is 2.58 bits per heavy atom. The summed E-state index contributed by atoms with van der Waals surface area (Å²) in [5, 5.41) is 0. The summed E-state index contributed by atoms with van der Waals surface area (Å²) in [7, 11) is 0. The monoisotopic (exact) mass is 259 g/mol. The van der Waals surface area contributed by atoms with Gasteiger partial charge < -0.3 is 0 Å². The molecule has 19 heavy (non-hydrogen) atoms. The first-order valence-corrected chi connectivity index (χ1v) is 7.30. The Morgan fingerprint density at radius 1 is 1.21 bits per heavy atom. The first kappa shape index (κ1) is 14.3. The molecular weight excluding hydrogens is 234 g/mol. The van der Waals surface area contributed by atoms with Crippen LogP contribution in [-0.2, 0) is 0 Å². The fourth-order valence-electron chi connectivity index (χ4n) is 2.98. The van der Waals surface area contributed by atoms with Crippen molar-refractivity contribution in [2.45, 2.75) is 40.5 Å². The average Bonchev–Trinajstić information content (AvgIpc) is 2.33. The standard InChI is InChI=1S/C17H25NO/c1-12-6-5-7-18(10-12)11-17(19)16-9-14(3)13(2)8-15(16)4/h8-9,12H,5-7,10-11H2,1-4H3. The fraction of sp³-hybridized carbons (Fsp3) is 0.588. The second-order valence-corrected chi connectivity index (χ2v) is 6.16. The smallest absolute Gasteiger partial charge is 0.177 e. The molecule has 0 radical (unpaired) electrons. The van der Waals surface area contributed by atoms with Crippen LogP contribution < -0.4 is 0 Å². The molecule has 0 bridgehead atoms. The van der Waals surface area contributed by atoms with Crippen LogP contribution in [0.2, 0.25) is 0 Å². The third kappa shape index (κ3) is 3.44. The zero-order chi connectivity index (χ0) is 14.0. The van der Waals surface area contributed by atoms with Crippen LogP contribution in [0.4, 0.5) is 0 Å². The summed E-state index contributed by atoms with van der Waals surface area (Å²) in [6.45, 7) is 11.2. The van der Waals surface area contributed by atoms with Crippen molar-refractivity contribution in [1.29, 1.82) is 0 Å². The minimum atomic E-state index is 0.273. The van der Waals surface area contributed by atoms with Crippen molar-refractivity contribution in [3.63, 3.8) is 0 Å². The molecule has 1 aromatic rings. The summed E-state index contributed by atoms with van der Waals surface area (Å²) in [6, 6.07) is 4.18. The lowest BCUT2D eigenvalue weighted by Crippen LogP contribution is -2.38. The van der Waals surface area contributed by atoms with Crippen molar-refractivity contribution in [3.8, 4) is 0 Å². The highest BCUT2D eigenvalue weighted by Crippen LogP contribution is 2.19. The first-order chi connectivity index (χ1) is 8.97. The number of nitrogens with zero attached hydrogens (tertiary/aromatic N) is 1. The van der Waals surface area contributed by atoms with Gasteiger partial charge in [-0.05, 0) is 68.8 Å². The summed E-state index contributed by atoms with van der Waals surface area (Å²) in [5.74, 6) is 0.997. The maximum Gasteiger partial charge on any atom is 0.177 e. The van der Waals surface area contributed by atoms with Crippen molar-refractivity contribution < 1.29 is 4.79 Å². The molecular formula is C17H25NO. The van der Waals surface area contributed by atoms with Gasteiger partial charge in [-0.2, -0.15) is 0 Å². The van der Waals surface area contributed by atoms with E-state index in [1.54, 1.807) is 0 Å². The molecule has 1 heterocycles. The Kier molecular flexibility index (Phi) is 4.41. The molecule has 0 N–H and O–H groups in total. The van der Waals surface area contributed by atoms with Crippen LogP contribution in [0.3, 0.4) is 0 Å². The van der Waals surface area contributed by atoms with E-state index in [0.29, 0.717) is 6.54 Å². The number of aryl methyl sites for hydroxylation is 3. The number of carbonyl (C=O) groups excluding carboxylic acids is 1. The maximum atomic E-state index is 12.5. The van der Waals surface area contributed by atoms with E-state index in [0.717, 1.165) is 30.1 Å². The zero-order valence-electron chi connectivity index (χ0n) is 12.6. The number of benzene rings is 1. The topological polar surface area (TPSA) is 20.3 Å². The molecule has 1 aliphatic rings. The molecule has 1 fully saturated rings. The Hall–Kier alpha value is -1.15. The van der Waals surface area contributed by atoms with Gasteiger partial charge in [0, 0.05) is 12.1 Å². The van der Waals surface area contributed by atoms with Crippen LogP contribution in [0.15, 0.2) is 12.1 Å². The van der Waals surface area contributed by atoms with Crippen LogP contribution >= 0.6 is 0 Å². The molecule has 2 rings (SSSR count). The van der Waals surface area contributed by atoms with Crippen molar-refractivity contribution in [2.24, 2.45) is 5.92 Å². The average molecular weight is 259 g/mol. The molecule has 1 aliphatic heterocycles. The number of hydrogen-bond donors (Lipinski definition) is 0. The summed E-state index contributed by atoms with van der Waals surface area (Å²) >= 11 is 0. The number of rotatable bonds is 3. The minimum absolute atomic E-state index is 0.273. The Balaban J connectivity index is 2.09. The lowest BCUT2D eigenvalue weighted by molar-refractivity contribution is 0.0892. The molecule has 0 spiro atoms. The van der Waals surface area contributed by atoms with E-state index in [2.05, 4.69) is 37.8 Å². The number of likely N-dealkylation sites (tertiary alicyclic amines) is 1. The molecule has 0 aliphatic carbocycles. The molecule has 0 saturated carbocycles. The van der Waals surface area contributed by atoms with Crippen LogP contribution in [0.5, 0.6) is 0 Å². The summed E-state index contributed by atoms with van der Waals surface area (Å²) in [5.41, 5.74) is 4.49. The van der Waals surface area contributed by atoms with Gasteiger partial charge >= 0.3 is 0 Å². The van der Waals surface area contributed by atoms with Crippen LogP contribution in [0.25, 0.3) is 0 Å². The molecule has 2 heteroatoms. The highest BCUT2D eigenvalue weighted by atomic mass is 16.1. The second-order valence-electron chi connectivity index (χ2n) is 6.16. The largest absolute Gasteiger partial charge is 0.296 e. The lowest BCUT2D eigenvalue weighted by Gasteiger charge is -2.30. The Morgan fingerprint density at radius 2 is 1.89 bits per heavy atom. The predicted molar refractivity (Wildman–Crippen MR) is 79.8 cm³/mol. The van der Waals surface area contributed by atoms with E-state index < -0.39 is 0 Å². The van der Waals surface area contributed by atoms with Gasteiger partial charge in [0.05, 0.1) is 6.54 Å². The van der Waals surface area contributed by atoms with E-state index in [1.807, 2.05) is 6.92 Å². The van der Waals surface area contributed by atoms with Crippen LogP contribution in [-0.4, -0.2) is 30.3 Å². The molecule has 0 amide bonds. The molecule has 1 aromatic carbocycles. The normalized spacial score (nSPS) is 20.5. The van der Waals surface area contributed by atoms with E-state index in [9.17, 15) is 4.79 Å². The predicted octanol–water partition coefficient (Wildman–Crippen LogP) is 3.53. The fourth-order valence-corrected chi connectivity index (χ4v) is 2.98. The summed E-state index contributed by atoms with van der Waals surface area (Å²) in [4.78, 5) is 14.8. The van der Waals surface area contributed by atoms with Crippen molar-refractivity contribution in [2.75, 3.05) is 19.6 Å². The van der Waals surface area contributed by atoms with Gasteiger partial charge in [-0.1, -0.05) is 13.0 Å². The first-order valence-electron chi connectivity index (χ1n) is 7.30. The zero-order valence-corrected chi connectivity index (χ0v) is 12.6. The number of ketones is 1. The van der Waals surface area contributed by atoms with Gasteiger partial charge in [0.2, 0.25) is 0 Å². The molecule has 0 aromatic heterocycles. The highest BCUT2D eigenvalue weighted by molar-refractivity contribution is 5.99. The molecule has 1 unspecified atom stereocenters. The van der Waals surface area contributed by atoms with Crippen molar-refractivity contribution in [1.82, 2.24) is 4.90 Å². The SMILES string of the molecule is Cc1cc(C)c(C(=O)CN2CCCC(C)C2)cc1C. The molecule has 2 nitrogen and oxygen atoms in total. The van der Waals surface area contributed by atoms with Gasteiger partial charge in [0.1, 0.15) is 0 Å². The van der Waals surface area contributed by atoms with Gasteiger partial charge in [-0.3, -0.25) is 9.69 Å². The van der Waals surface area contributed by atoms with Gasteiger partial charge in [-0.15, -0.1) is 0 Å². The summed E-state index contributed by atoms with van der Waals surface area (Å²) < 4.78 is 0. The Labute approximate surface area is 116 Å². The van der Waals surface area contributed by atoms with Crippen molar-refractivity contribution >= 4 is 5.78 Å². The lowest BCUT2D eigenvalue weighted by atomic mass is 9.96. The number of carbonyl (C=O) groups is 1. The third-order valence-electron chi connectivity index (χ3n) is 4.25. The quantitative estimate of drug-likeness (QED) is 0.774. The Bertz CT molecular complexity index is 478. The number of piperidine rings is 1. The van der Waals surface area contributed by atoms with Crippen LogP contribution in [0.1, 0.15) is 46.8 Å². The van der Waals surface area contributed by atoms with E-state index in [-0.39, 0.29) is 5.78 Å². The van der Waals surface area contributed by atoms with Gasteiger partial charge in [0.25, 0.3) is 0 Å². The van der Waals surface area contributed by atoms with E-state index in [1.165, 1.54) is 24.0 Å². The van der Waals surface area contributed by atoms with Gasteiger partial charge in [-0.25, -0.2) is 0 Å².